The molecule has 2 aliphatic heterocycles. The number of benzene rings is 2. The van der Waals surface area contributed by atoms with Gasteiger partial charge in [0.2, 0.25) is 0 Å². The van der Waals surface area contributed by atoms with Crippen LogP contribution >= 0.6 is 0 Å². The third-order valence-corrected chi connectivity index (χ3v) is 7.66. The SMILES string of the molecule is CN(C(=O)CN1CCN(C(=O)c2ccccc2C(F)(F)F)C(Cc2c[nH]c3ccccc23)C1)N1CCNCC1. The largest absolute Gasteiger partial charge is 0.417 e. The smallest absolute Gasteiger partial charge is 0.361 e. The van der Waals surface area contributed by atoms with Crippen LogP contribution in [-0.4, -0.2) is 102 Å². The van der Waals surface area contributed by atoms with Crippen molar-refractivity contribution in [3.63, 3.8) is 0 Å². The van der Waals surface area contributed by atoms with Crippen molar-refractivity contribution in [1.82, 2.24) is 30.1 Å². The van der Waals surface area contributed by atoms with E-state index in [0.717, 1.165) is 48.7 Å². The van der Waals surface area contributed by atoms with Gasteiger partial charge in [0.25, 0.3) is 11.8 Å². The molecule has 1 atom stereocenters. The molecule has 2 amide bonds. The van der Waals surface area contributed by atoms with E-state index in [1.165, 1.54) is 18.2 Å². The van der Waals surface area contributed by atoms with Gasteiger partial charge < -0.3 is 15.2 Å². The summed E-state index contributed by atoms with van der Waals surface area (Å²) in [5, 5.41) is 7.95. The number of piperazine rings is 2. The van der Waals surface area contributed by atoms with Crippen molar-refractivity contribution in [3.8, 4) is 0 Å². The molecule has 2 aliphatic rings. The van der Waals surface area contributed by atoms with Gasteiger partial charge in [0.05, 0.1) is 17.7 Å². The number of aromatic amines is 1. The third-order valence-electron chi connectivity index (χ3n) is 7.66. The fourth-order valence-electron chi connectivity index (χ4n) is 5.54. The summed E-state index contributed by atoms with van der Waals surface area (Å²) in [6.45, 7) is 4.27. The summed E-state index contributed by atoms with van der Waals surface area (Å²) in [5.41, 5.74) is 0.643. The second-order valence-electron chi connectivity index (χ2n) is 10.1. The van der Waals surface area contributed by atoms with E-state index in [0.29, 0.717) is 19.5 Å². The lowest BCUT2D eigenvalue weighted by Crippen LogP contribution is -2.59. The van der Waals surface area contributed by atoms with Crippen molar-refractivity contribution in [1.29, 1.82) is 0 Å². The molecule has 5 rings (SSSR count). The Morgan fingerprint density at radius 1 is 1.00 bits per heavy atom. The van der Waals surface area contributed by atoms with E-state index in [-0.39, 0.29) is 24.6 Å². The Morgan fingerprint density at radius 3 is 2.49 bits per heavy atom. The number of alkyl halides is 3. The minimum absolute atomic E-state index is 0.0510. The van der Waals surface area contributed by atoms with Crippen LogP contribution in [0.25, 0.3) is 10.9 Å². The van der Waals surface area contributed by atoms with Crippen LogP contribution in [0.5, 0.6) is 0 Å². The number of hydrazine groups is 1. The predicted octanol–water partition coefficient (Wildman–Crippen LogP) is 2.83. The summed E-state index contributed by atoms with van der Waals surface area (Å²) in [6, 6.07) is 12.3. The van der Waals surface area contributed by atoms with E-state index in [1.807, 2.05) is 40.4 Å². The molecule has 8 nitrogen and oxygen atoms in total. The lowest BCUT2D eigenvalue weighted by molar-refractivity contribution is -0.148. The van der Waals surface area contributed by atoms with Gasteiger partial charge in [-0.25, -0.2) is 5.01 Å². The number of fused-ring (bicyclic) bond motifs is 1. The van der Waals surface area contributed by atoms with E-state index in [9.17, 15) is 22.8 Å². The first-order valence-corrected chi connectivity index (χ1v) is 13.2. The fraction of sp³-hybridized carbons (Fsp3) is 0.429. The average molecular weight is 543 g/mol. The number of carbonyl (C=O) groups excluding carboxylic acids is 2. The van der Waals surface area contributed by atoms with Crippen LogP contribution in [0.15, 0.2) is 54.7 Å². The van der Waals surface area contributed by atoms with Crippen molar-refractivity contribution >= 4 is 22.7 Å². The Bertz CT molecular complexity index is 1320. The zero-order chi connectivity index (χ0) is 27.6. The second-order valence-corrected chi connectivity index (χ2v) is 10.1. The molecule has 1 aromatic heterocycles. The van der Waals surface area contributed by atoms with Gasteiger partial charge in [-0.3, -0.25) is 19.5 Å². The molecule has 39 heavy (non-hydrogen) atoms. The normalized spacial score (nSPS) is 19.4. The zero-order valence-corrected chi connectivity index (χ0v) is 21.9. The van der Waals surface area contributed by atoms with Crippen LogP contribution in [0, 0.1) is 0 Å². The first-order chi connectivity index (χ1) is 18.7. The Morgan fingerprint density at radius 2 is 1.72 bits per heavy atom. The monoisotopic (exact) mass is 542 g/mol. The van der Waals surface area contributed by atoms with Crippen LogP contribution in [-0.2, 0) is 17.4 Å². The highest BCUT2D eigenvalue weighted by Gasteiger charge is 2.39. The van der Waals surface area contributed by atoms with Crippen LogP contribution in [0.3, 0.4) is 0 Å². The molecule has 2 aromatic carbocycles. The quantitative estimate of drug-likeness (QED) is 0.501. The number of nitrogens with zero attached hydrogens (tertiary/aromatic N) is 4. The van der Waals surface area contributed by atoms with E-state index in [1.54, 1.807) is 17.0 Å². The summed E-state index contributed by atoms with van der Waals surface area (Å²) >= 11 is 0. The van der Waals surface area contributed by atoms with Gasteiger partial charge in [0.1, 0.15) is 0 Å². The van der Waals surface area contributed by atoms with Crippen molar-refractivity contribution in [2.24, 2.45) is 0 Å². The molecule has 0 saturated carbocycles. The molecule has 3 aromatic rings. The number of aromatic nitrogens is 1. The Balaban J connectivity index is 1.38. The number of amides is 2. The average Bonchev–Trinajstić information content (AvgIpc) is 3.35. The number of rotatable bonds is 6. The second kappa shape index (κ2) is 11.4. The number of hydrogen-bond acceptors (Lipinski definition) is 5. The molecule has 208 valence electrons. The van der Waals surface area contributed by atoms with Crippen LogP contribution < -0.4 is 5.32 Å². The first-order valence-electron chi connectivity index (χ1n) is 13.2. The summed E-state index contributed by atoms with van der Waals surface area (Å²) < 4.78 is 41.3. The van der Waals surface area contributed by atoms with Crippen molar-refractivity contribution in [2.75, 3.05) is 59.4 Å². The highest BCUT2D eigenvalue weighted by atomic mass is 19.4. The van der Waals surface area contributed by atoms with E-state index < -0.39 is 23.7 Å². The number of para-hydroxylation sites is 1. The molecule has 2 saturated heterocycles. The molecule has 1 unspecified atom stereocenters. The summed E-state index contributed by atoms with van der Waals surface area (Å²) in [4.78, 5) is 33.5. The van der Waals surface area contributed by atoms with Gasteiger partial charge >= 0.3 is 6.18 Å². The molecule has 0 radical (unpaired) electrons. The lowest BCUT2D eigenvalue weighted by atomic mass is 9.99. The van der Waals surface area contributed by atoms with Crippen molar-refractivity contribution in [2.45, 2.75) is 18.6 Å². The molecule has 2 fully saturated rings. The maximum Gasteiger partial charge on any atom is 0.417 e. The number of halogens is 3. The molecule has 3 heterocycles. The minimum atomic E-state index is -4.64. The fourth-order valence-corrected chi connectivity index (χ4v) is 5.54. The zero-order valence-electron chi connectivity index (χ0n) is 21.9. The molecule has 0 spiro atoms. The minimum Gasteiger partial charge on any atom is -0.361 e. The highest BCUT2D eigenvalue weighted by molar-refractivity contribution is 5.96. The third kappa shape index (κ3) is 5.95. The molecule has 11 heteroatoms. The molecular formula is C28H33F3N6O2. The van der Waals surface area contributed by atoms with Gasteiger partial charge in [0, 0.05) is 76.0 Å². The number of nitrogens with one attached hydrogen (secondary N) is 2. The van der Waals surface area contributed by atoms with Crippen LogP contribution in [0.2, 0.25) is 0 Å². The number of likely N-dealkylation sites (N-methyl/N-ethyl adjacent to an activating group) is 1. The van der Waals surface area contributed by atoms with E-state index in [4.69, 9.17) is 0 Å². The molecule has 0 aliphatic carbocycles. The van der Waals surface area contributed by atoms with Gasteiger partial charge in [-0.05, 0) is 30.2 Å². The molecule has 0 bridgehead atoms. The summed E-state index contributed by atoms with van der Waals surface area (Å²) in [7, 11) is 1.77. The van der Waals surface area contributed by atoms with E-state index in [2.05, 4.69) is 10.3 Å². The van der Waals surface area contributed by atoms with E-state index >= 15 is 0 Å². The highest BCUT2D eigenvalue weighted by Crippen LogP contribution is 2.33. The van der Waals surface area contributed by atoms with Gasteiger partial charge in [-0.1, -0.05) is 30.3 Å². The lowest BCUT2D eigenvalue weighted by Gasteiger charge is -2.42. The maximum atomic E-state index is 13.8. The van der Waals surface area contributed by atoms with Crippen LogP contribution in [0.4, 0.5) is 13.2 Å². The summed E-state index contributed by atoms with van der Waals surface area (Å²) in [5.74, 6) is -0.693. The van der Waals surface area contributed by atoms with Gasteiger partial charge in [-0.2, -0.15) is 13.2 Å². The first kappa shape index (κ1) is 27.2. The molecular weight excluding hydrogens is 509 g/mol. The predicted molar refractivity (Wildman–Crippen MR) is 142 cm³/mol. The number of hydrogen-bond donors (Lipinski definition) is 2. The topological polar surface area (TPSA) is 74.9 Å². The van der Waals surface area contributed by atoms with Gasteiger partial charge in [0.15, 0.2) is 0 Å². The standard InChI is InChI=1S/C28H33F3N6O2/c1-34(36-12-10-32-11-13-36)26(38)19-35-14-15-37(27(39)23-7-2-4-8-24(23)28(29,30)31)21(18-35)16-20-17-33-25-9-5-3-6-22(20)25/h2-9,17,21,32-33H,10-16,18-19H2,1H3. The summed E-state index contributed by atoms with van der Waals surface area (Å²) in [6.07, 6.45) is -2.30. The van der Waals surface area contributed by atoms with Crippen molar-refractivity contribution in [3.05, 3.63) is 71.4 Å². The van der Waals surface area contributed by atoms with Crippen molar-refractivity contribution < 1.29 is 22.8 Å². The molecule has 2 N–H and O–H groups in total. The number of carbonyl (C=O) groups is 2. The number of H-pyrrole nitrogens is 1. The Kier molecular flexibility index (Phi) is 7.92. The Hall–Kier alpha value is -3.41. The van der Waals surface area contributed by atoms with Gasteiger partial charge in [-0.15, -0.1) is 0 Å². The van der Waals surface area contributed by atoms with Crippen LogP contribution in [0.1, 0.15) is 21.5 Å². The maximum absolute atomic E-state index is 13.8. The Labute approximate surface area is 225 Å².